The lowest BCUT2D eigenvalue weighted by molar-refractivity contribution is -0.253. The molecule has 1 fully saturated rings. The van der Waals surface area contributed by atoms with Crippen LogP contribution in [0.5, 0.6) is 0 Å². The number of aromatic nitrogens is 1. The molecular formula is C18H19ClF3N3O2. The fourth-order valence-corrected chi connectivity index (χ4v) is 2.95. The van der Waals surface area contributed by atoms with E-state index in [2.05, 4.69) is 4.98 Å². The molecule has 0 saturated carbocycles. The summed E-state index contributed by atoms with van der Waals surface area (Å²) >= 11 is 0. The third-order valence-corrected chi connectivity index (χ3v) is 4.53. The second-order valence-electron chi connectivity index (χ2n) is 6.34. The zero-order chi connectivity index (χ0) is 18.9. The molecule has 27 heavy (non-hydrogen) atoms. The van der Waals surface area contributed by atoms with Crippen molar-refractivity contribution in [3.63, 3.8) is 0 Å². The van der Waals surface area contributed by atoms with Crippen molar-refractivity contribution >= 4 is 18.3 Å². The first-order valence-electron chi connectivity index (χ1n) is 8.07. The maximum absolute atomic E-state index is 12.9. The zero-order valence-electron chi connectivity index (χ0n) is 14.2. The van der Waals surface area contributed by atoms with Gasteiger partial charge in [-0.15, -0.1) is 12.4 Å². The number of β-amino-alcohol motifs (C(OH)–C–C–N with tert-alkyl or cyclic N) is 1. The van der Waals surface area contributed by atoms with Crippen LogP contribution in [0.25, 0.3) is 11.3 Å². The molecule has 0 radical (unpaired) electrons. The summed E-state index contributed by atoms with van der Waals surface area (Å²) < 4.78 is 38.8. The predicted octanol–water partition coefficient (Wildman–Crippen LogP) is 2.77. The monoisotopic (exact) mass is 401 g/mol. The minimum Gasteiger partial charge on any atom is -0.379 e. The number of nitrogens with two attached hydrogens (primary N) is 1. The van der Waals surface area contributed by atoms with Crippen LogP contribution in [0, 0.1) is 0 Å². The Hall–Kier alpha value is -2.16. The van der Waals surface area contributed by atoms with Crippen molar-refractivity contribution in [1.29, 1.82) is 0 Å². The number of alkyl halides is 3. The van der Waals surface area contributed by atoms with Gasteiger partial charge in [0.15, 0.2) is 5.60 Å². The molecule has 146 valence electrons. The Bertz CT molecular complexity index is 831. The highest BCUT2D eigenvalue weighted by Gasteiger charge is 2.57. The van der Waals surface area contributed by atoms with Crippen molar-refractivity contribution in [2.75, 3.05) is 13.1 Å². The zero-order valence-corrected chi connectivity index (χ0v) is 15.1. The van der Waals surface area contributed by atoms with Crippen LogP contribution in [0.4, 0.5) is 13.2 Å². The van der Waals surface area contributed by atoms with E-state index in [0.717, 1.165) is 10.5 Å². The molecule has 0 bridgehead atoms. The summed E-state index contributed by atoms with van der Waals surface area (Å²) in [5, 5.41) is 9.74. The number of likely N-dealkylation sites (tertiary alicyclic amines) is 1. The number of amides is 1. The maximum atomic E-state index is 12.9. The van der Waals surface area contributed by atoms with Gasteiger partial charge in [0.05, 0.1) is 12.2 Å². The Kier molecular flexibility index (Phi) is 6.14. The van der Waals surface area contributed by atoms with Gasteiger partial charge in [-0.3, -0.25) is 9.78 Å². The number of hydrogen-bond donors (Lipinski definition) is 2. The van der Waals surface area contributed by atoms with Crippen molar-refractivity contribution in [3.05, 3.63) is 53.7 Å². The second-order valence-corrected chi connectivity index (χ2v) is 6.34. The highest BCUT2D eigenvalue weighted by molar-refractivity contribution is 5.95. The Balaban J connectivity index is 0.00000261. The first-order valence-corrected chi connectivity index (χ1v) is 8.07. The molecule has 2 heterocycles. The van der Waals surface area contributed by atoms with E-state index in [0.29, 0.717) is 17.8 Å². The van der Waals surface area contributed by atoms with Gasteiger partial charge < -0.3 is 15.7 Å². The summed E-state index contributed by atoms with van der Waals surface area (Å²) in [6.45, 7) is -0.571. The van der Waals surface area contributed by atoms with E-state index in [1.54, 1.807) is 36.5 Å². The van der Waals surface area contributed by atoms with E-state index < -0.39 is 30.7 Å². The molecule has 2 aromatic rings. The second kappa shape index (κ2) is 7.84. The predicted molar refractivity (Wildman–Crippen MR) is 96.3 cm³/mol. The number of hydrogen-bond acceptors (Lipinski definition) is 4. The van der Waals surface area contributed by atoms with E-state index >= 15 is 0 Å². The molecule has 9 heteroatoms. The maximum Gasteiger partial charge on any atom is 0.419 e. The lowest BCUT2D eigenvalue weighted by atomic mass is 10.0. The smallest absolute Gasteiger partial charge is 0.379 e. The fraction of sp³-hybridized carbons (Fsp3) is 0.333. The van der Waals surface area contributed by atoms with Crippen LogP contribution in [0.3, 0.4) is 0 Å². The standard InChI is InChI=1S/C18H18F3N3O2.ClH/c19-18(20,21)17(26)5-7-24(11-17)16(25)14-3-1-2-13(9-14)15-8-12(10-22)4-6-23-15;/h1-4,6,8-9,26H,5,7,10-11,22H2;1H. The number of aliphatic hydroxyl groups is 1. The third kappa shape index (κ3) is 4.23. The Morgan fingerprint density at radius 1 is 1.30 bits per heavy atom. The van der Waals surface area contributed by atoms with Crippen LogP contribution in [0.1, 0.15) is 22.3 Å². The number of pyridine rings is 1. The highest BCUT2D eigenvalue weighted by atomic mass is 35.5. The number of rotatable bonds is 3. The summed E-state index contributed by atoms with van der Waals surface area (Å²) in [4.78, 5) is 17.8. The summed E-state index contributed by atoms with van der Waals surface area (Å²) in [6.07, 6.45) is -3.69. The largest absolute Gasteiger partial charge is 0.419 e. The average molecular weight is 402 g/mol. The van der Waals surface area contributed by atoms with Gasteiger partial charge in [0.2, 0.25) is 0 Å². The van der Waals surface area contributed by atoms with E-state index in [1.165, 1.54) is 6.07 Å². The first kappa shape index (κ1) is 21.1. The van der Waals surface area contributed by atoms with Gasteiger partial charge >= 0.3 is 6.18 Å². The van der Waals surface area contributed by atoms with Crippen LogP contribution < -0.4 is 5.73 Å². The van der Waals surface area contributed by atoms with E-state index in [4.69, 9.17) is 5.73 Å². The molecule has 0 aliphatic carbocycles. The quantitative estimate of drug-likeness (QED) is 0.828. The number of nitrogens with zero attached hydrogens (tertiary/aromatic N) is 2. The van der Waals surface area contributed by atoms with Gasteiger partial charge in [-0.2, -0.15) is 13.2 Å². The minimum atomic E-state index is -4.77. The minimum absolute atomic E-state index is 0. The molecule has 1 saturated heterocycles. The summed E-state index contributed by atoms with van der Waals surface area (Å²) in [7, 11) is 0. The van der Waals surface area contributed by atoms with Crippen molar-refractivity contribution in [2.45, 2.75) is 24.7 Å². The fourth-order valence-electron chi connectivity index (χ4n) is 2.95. The normalized spacial score (nSPS) is 19.7. The number of carbonyl (C=O) groups excluding carboxylic acids is 1. The lowest BCUT2D eigenvalue weighted by Gasteiger charge is -2.26. The molecule has 1 aliphatic heterocycles. The SMILES string of the molecule is Cl.NCc1ccnc(-c2cccc(C(=O)N3CCC(O)(C(F)(F)F)C3)c2)c1. The number of halogens is 4. The van der Waals surface area contributed by atoms with Crippen LogP contribution >= 0.6 is 12.4 Å². The molecular weight excluding hydrogens is 383 g/mol. The van der Waals surface area contributed by atoms with Gasteiger partial charge in [0.25, 0.3) is 5.91 Å². The molecule has 1 amide bonds. The molecule has 3 N–H and O–H groups in total. The lowest BCUT2D eigenvalue weighted by Crippen LogP contribution is -2.48. The molecule has 0 spiro atoms. The van der Waals surface area contributed by atoms with Gasteiger partial charge in [0.1, 0.15) is 0 Å². The van der Waals surface area contributed by atoms with Crippen molar-refractivity contribution in [2.24, 2.45) is 5.73 Å². The molecule has 1 atom stereocenters. The van der Waals surface area contributed by atoms with Crippen molar-refractivity contribution in [3.8, 4) is 11.3 Å². The average Bonchev–Trinajstić information content (AvgIpc) is 3.05. The van der Waals surface area contributed by atoms with Crippen LogP contribution in [0.15, 0.2) is 42.6 Å². The van der Waals surface area contributed by atoms with Crippen LogP contribution in [-0.2, 0) is 6.54 Å². The summed E-state index contributed by atoms with van der Waals surface area (Å²) in [6, 6.07) is 10.1. The molecule has 1 unspecified atom stereocenters. The van der Waals surface area contributed by atoms with Gasteiger partial charge in [0, 0.05) is 36.8 Å². The Morgan fingerprint density at radius 3 is 2.67 bits per heavy atom. The van der Waals surface area contributed by atoms with Gasteiger partial charge in [-0.25, -0.2) is 0 Å². The van der Waals surface area contributed by atoms with E-state index in [1.807, 2.05) is 0 Å². The molecule has 1 aromatic carbocycles. The molecule has 1 aliphatic rings. The molecule has 3 rings (SSSR count). The summed E-state index contributed by atoms with van der Waals surface area (Å²) in [5.41, 5.74) is 5.17. The van der Waals surface area contributed by atoms with Crippen molar-refractivity contribution in [1.82, 2.24) is 9.88 Å². The topological polar surface area (TPSA) is 79.5 Å². The Labute approximate surface area is 160 Å². The first-order chi connectivity index (χ1) is 12.2. The van der Waals surface area contributed by atoms with Gasteiger partial charge in [-0.05, 0) is 29.8 Å². The van der Waals surface area contributed by atoms with Crippen molar-refractivity contribution < 1.29 is 23.1 Å². The van der Waals surface area contributed by atoms with Crippen LogP contribution in [-0.4, -0.2) is 45.8 Å². The summed E-state index contributed by atoms with van der Waals surface area (Å²) in [5.74, 6) is -0.554. The number of benzene rings is 1. The Morgan fingerprint density at radius 2 is 2.04 bits per heavy atom. The number of carbonyl (C=O) groups is 1. The highest BCUT2D eigenvalue weighted by Crippen LogP contribution is 2.38. The van der Waals surface area contributed by atoms with E-state index in [9.17, 15) is 23.1 Å². The van der Waals surface area contributed by atoms with Gasteiger partial charge in [-0.1, -0.05) is 12.1 Å². The molecule has 1 aromatic heterocycles. The van der Waals surface area contributed by atoms with Crippen LogP contribution in [0.2, 0.25) is 0 Å². The molecule has 5 nitrogen and oxygen atoms in total. The van der Waals surface area contributed by atoms with E-state index in [-0.39, 0.29) is 24.5 Å². The third-order valence-electron chi connectivity index (χ3n) is 4.53.